The molecule has 1 heterocycles. The van der Waals surface area contributed by atoms with E-state index in [4.69, 9.17) is 0 Å². The predicted molar refractivity (Wildman–Crippen MR) is 98.5 cm³/mol. The molecule has 4 nitrogen and oxygen atoms in total. The number of halogens is 1. The van der Waals surface area contributed by atoms with Gasteiger partial charge in [-0.2, -0.15) is 4.31 Å². The Balaban J connectivity index is 1.69. The summed E-state index contributed by atoms with van der Waals surface area (Å²) >= 11 is 3.35. The van der Waals surface area contributed by atoms with Gasteiger partial charge < -0.3 is 4.90 Å². The molecule has 2 aromatic carbocycles. The van der Waals surface area contributed by atoms with Gasteiger partial charge in [0.25, 0.3) is 0 Å². The van der Waals surface area contributed by atoms with Crippen molar-refractivity contribution in [1.29, 1.82) is 0 Å². The van der Waals surface area contributed by atoms with Gasteiger partial charge in [-0.3, -0.25) is 0 Å². The van der Waals surface area contributed by atoms with Crippen LogP contribution in [0.15, 0.2) is 64.0 Å². The monoisotopic (exact) mass is 409 g/mol. The summed E-state index contributed by atoms with van der Waals surface area (Å²) in [5.41, 5.74) is 1.30. The van der Waals surface area contributed by atoms with Crippen LogP contribution in [0.2, 0.25) is 0 Å². The van der Waals surface area contributed by atoms with Gasteiger partial charge in [0.1, 0.15) is 6.04 Å². The Kier molecular flexibility index (Phi) is 5.39. The van der Waals surface area contributed by atoms with Crippen molar-refractivity contribution in [3.63, 3.8) is 0 Å². The summed E-state index contributed by atoms with van der Waals surface area (Å²) < 4.78 is 28.0. The Morgan fingerprint density at radius 3 is 2.33 bits per heavy atom. The number of piperazine rings is 1. The number of sulfonamides is 1. The first-order valence-corrected chi connectivity index (χ1v) is 10.4. The summed E-state index contributed by atoms with van der Waals surface area (Å²) in [6, 6.07) is 17.7. The van der Waals surface area contributed by atoms with Crippen molar-refractivity contribution in [1.82, 2.24) is 4.31 Å². The molecule has 1 aliphatic rings. The molecule has 1 atom stereocenters. The van der Waals surface area contributed by atoms with Gasteiger partial charge in [0.05, 0.1) is 31.1 Å². The smallest absolute Gasteiger partial charge is 0.243 e. The maximum absolute atomic E-state index is 12.8. The topological polar surface area (TPSA) is 41.8 Å². The molecule has 2 aromatic rings. The van der Waals surface area contributed by atoms with Crippen LogP contribution in [0.4, 0.5) is 0 Å². The van der Waals surface area contributed by atoms with Crippen LogP contribution in [-0.4, -0.2) is 38.9 Å². The molecule has 0 radical (unpaired) electrons. The van der Waals surface area contributed by atoms with E-state index in [1.54, 1.807) is 22.5 Å². The Morgan fingerprint density at radius 1 is 1.04 bits per heavy atom. The van der Waals surface area contributed by atoms with Crippen LogP contribution in [0, 0.1) is 0 Å². The SMILES string of the molecule is C[C@H](c1ccccc1)[NH+]1CCN(S(=O)(=O)c2cccc(Br)c2)CC1. The van der Waals surface area contributed by atoms with Crippen LogP contribution in [0.1, 0.15) is 18.5 Å². The van der Waals surface area contributed by atoms with Gasteiger partial charge in [0.15, 0.2) is 0 Å². The molecule has 3 rings (SSSR count). The lowest BCUT2D eigenvalue weighted by molar-refractivity contribution is -0.933. The van der Waals surface area contributed by atoms with Crippen LogP contribution >= 0.6 is 15.9 Å². The number of hydrogen-bond donors (Lipinski definition) is 1. The highest BCUT2D eigenvalue weighted by atomic mass is 79.9. The molecule has 1 aliphatic heterocycles. The Labute approximate surface area is 152 Å². The van der Waals surface area contributed by atoms with Crippen molar-refractivity contribution in [2.45, 2.75) is 17.9 Å². The van der Waals surface area contributed by atoms with Gasteiger partial charge in [-0.25, -0.2) is 8.42 Å². The maximum Gasteiger partial charge on any atom is 0.243 e. The molecule has 1 saturated heterocycles. The van der Waals surface area contributed by atoms with Crippen molar-refractivity contribution >= 4 is 26.0 Å². The lowest BCUT2D eigenvalue weighted by Crippen LogP contribution is -3.14. The highest BCUT2D eigenvalue weighted by Crippen LogP contribution is 2.20. The van der Waals surface area contributed by atoms with E-state index in [-0.39, 0.29) is 0 Å². The fraction of sp³-hybridized carbons (Fsp3) is 0.333. The van der Waals surface area contributed by atoms with E-state index in [1.807, 2.05) is 12.1 Å². The number of hydrogen-bond acceptors (Lipinski definition) is 2. The zero-order valence-electron chi connectivity index (χ0n) is 13.7. The summed E-state index contributed by atoms with van der Waals surface area (Å²) in [6.07, 6.45) is 0. The molecule has 0 saturated carbocycles. The van der Waals surface area contributed by atoms with E-state index in [9.17, 15) is 8.42 Å². The van der Waals surface area contributed by atoms with Crippen LogP contribution in [0.3, 0.4) is 0 Å². The molecule has 0 spiro atoms. The largest absolute Gasteiger partial charge is 0.327 e. The van der Waals surface area contributed by atoms with E-state index in [2.05, 4.69) is 47.1 Å². The number of nitrogens with one attached hydrogen (secondary N) is 1. The summed E-state index contributed by atoms with van der Waals surface area (Å²) in [5.74, 6) is 0. The van der Waals surface area contributed by atoms with Crippen molar-refractivity contribution < 1.29 is 13.3 Å². The molecular formula is C18H22BrN2O2S+. The number of nitrogens with zero attached hydrogens (tertiary/aromatic N) is 1. The minimum absolute atomic E-state index is 0.358. The molecule has 0 unspecified atom stereocenters. The maximum atomic E-state index is 12.8. The molecule has 1 N–H and O–H groups in total. The third-order valence-corrected chi connectivity index (χ3v) is 7.10. The molecular weight excluding hydrogens is 388 g/mol. The molecule has 0 amide bonds. The molecule has 0 aromatic heterocycles. The molecule has 0 aliphatic carbocycles. The second-order valence-electron chi connectivity index (χ2n) is 6.15. The molecule has 6 heteroatoms. The minimum Gasteiger partial charge on any atom is -0.327 e. The van der Waals surface area contributed by atoms with Crippen molar-refractivity contribution in [2.75, 3.05) is 26.2 Å². The lowest BCUT2D eigenvalue weighted by atomic mass is 10.1. The van der Waals surface area contributed by atoms with E-state index in [1.165, 1.54) is 10.5 Å². The fourth-order valence-corrected chi connectivity index (χ4v) is 5.24. The standard InChI is InChI=1S/C18H21BrN2O2S/c1-15(16-6-3-2-4-7-16)20-10-12-21(13-11-20)24(22,23)18-9-5-8-17(19)14-18/h2-9,14-15H,10-13H2,1H3/p+1/t15-/m1/s1. The molecule has 128 valence electrons. The zero-order chi connectivity index (χ0) is 17.2. The quantitative estimate of drug-likeness (QED) is 0.839. The summed E-state index contributed by atoms with van der Waals surface area (Å²) in [7, 11) is -3.41. The van der Waals surface area contributed by atoms with Gasteiger partial charge in [0.2, 0.25) is 10.0 Å². The molecule has 24 heavy (non-hydrogen) atoms. The third kappa shape index (κ3) is 3.72. The first kappa shape index (κ1) is 17.6. The third-order valence-electron chi connectivity index (χ3n) is 4.71. The Hall–Kier alpha value is -1.21. The highest BCUT2D eigenvalue weighted by Gasteiger charge is 2.32. The normalized spacial score (nSPS) is 18.4. The van der Waals surface area contributed by atoms with E-state index < -0.39 is 10.0 Å². The van der Waals surface area contributed by atoms with E-state index >= 15 is 0 Å². The number of benzene rings is 2. The first-order chi connectivity index (χ1) is 11.5. The highest BCUT2D eigenvalue weighted by molar-refractivity contribution is 9.10. The van der Waals surface area contributed by atoms with E-state index in [0.717, 1.165) is 17.6 Å². The van der Waals surface area contributed by atoms with Gasteiger partial charge >= 0.3 is 0 Å². The minimum atomic E-state index is -3.41. The molecule has 1 fully saturated rings. The number of rotatable bonds is 4. The zero-order valence-corrected chi connectivity index (χ0v) is 16.1. The second kappa shape index (κ2) is 7.35. The van der Waals surface area contributed by atoms with Gasteiger partial charge in [-0.05, 0) is 25.1 Å². The average molecular weight is 410 g/mol. The molecule has 0 bridgehead atoms. The second-order valence-corrected chi connectivity index (χ2v) is 9.01. The first-order valence-electron chi connectivity index (χ1n) is 8.14. The lowest BCUT2D eigenvalue weighted by Gasteiger charge is -2.35. The summed E-state index contributed by atoms with van der Waals surface area (Å²) in [4.78, 5) is 1.79. The van der Waals surface area contributed by atoms with Crippen LogP contribution in [0.5, 0.6) is 0 Å². The van der Waals surface area contributed by atoms with Gasteiger partial charge in [-0.1, -0.05) is 52.3 Å². The fourth-order valence-electron chi connectivity index (χ4n) is 3.20. The van der Waals surface area contributed by atoms with Crippen LogP contribution in [-0.2, 0) is 10.0 Å². The van der Waals surface area contributed by atoms with Crippen molar-refractivity contribution in [3.8, 4) is 0 Å². The van der Waals surface area contributed by atoms with Crippen LogP contribution < -0.4 is 4.90 Å². The summed E-state index contributed by atoms with van der Waals surface area (Å²) in [6.45, 7) is 4.97. The van der Waals surface area contributed by atoms with Gasteiger partial charge in [0, 0.05) is 10.0 Å². The Bertz CT molecular complexity index is 788. The van der Waals surface area contributed by atoms with E-state index in [0.29, 0.717) is 24.0 Å². The van der Waals surface area contributed by atoms with Crippen LogP contribution in [0.25, 0.3) is 0 Å². The Morgan fingerprint density at radius 2 is 1.71 bits per heavy atom. The predicted octanol–water partition coefficient (Wildman–Crippen LogP) is 2.10. The summed E-state index contributed by atoms with van der Waals surface area (Å²) in [5, 5.41) is 0. The average Bonchev–Trinajstić information content (AvgIpc) is 2.62. The van der Waals surface area contributed by atoms with Gasteiger partial charge in [-0.15, -0.1) is 0 Å². The number of quaternary nitrogens is 1. The van der Waals surface area contributed by atoms with Crippen molar-refractivity contribution in [3.05, 3.63) is 64.6 Å². The van der Waals surface area contributed by atoms with Crippen molar-refractivity contribution in [2.24, 2.45) is 0 Å².